The van der Waals surface area contributed by atoms with Crippen LogP contribution in [0, 0.1) is 23.3 Å². The van der Waals surface area contributed by atoms with Gasteiger partial charge in [-0.1, -0.05) is 5.16 Å². The number of nitrogens with zero attached hydrogens (tertiary/aromatic N) is 2. The molecule has 0 fully saturated rings. The average Bonchev–Trinajstić information content (AvgIpc) is 2.61. The van der Waals surface area contributed by atoms with Crippen molar-refractivity contribution < 1.29 is 41.8 Å². The van der Waals surface area contributed by atoms with Crippen LogP contribution in [0.1, 0.15) is 26.3 Å². The molecule has 0 aromatic heterocycles. The highest BCUT2D eigenvalue weighted by atomic mass is 19.2. The van der Waals surface area contributed by atoms with Crippen LogP contribution < -0.4 is 0 Å². The van der Waals surface area contributed by atoms with Crippen LogP contribution in [0.3, 0.4) is 0 Å². The molecule has 0 aliphatic carbocycles. The summed E-state index contributed by atoms with van der Waals surface area (Å²) in [4.78, 5) is 30.5. The zero-order valence-electron chi connectivity index (χ0n) is 14.3. The summed E-state index contributed by atoms with van der Waals surface area (Å²) in [6.07, 6.45) is 0.647. The molecule has 0 spiro atoms. The van der Waals surface area contributed by atoms with Crippen molar-refractivity contribution >= 4 is 29.7 Å². The molecular weight excluding hydrogens is 376 g/mol. The summed E-state index contributed by atoms with van der Waals surface area (Å²) in [5.74, 6) is -11.4. The van der Waals surface area contributed by atoms with Gasteiger partial charge in [0.05, 0.1) is 12.2 Å². The zero-order valence-corrected chi connectivity index (χ0v) is 14.3. The Morgan fingerprint density at radius 3 is 2.33 bits per heavy atom. The number of carbonyl (C=O) groups is 2. The lowest BCUT2D eigenvalue weighted by Gasteiger charge is -2.09. The lowest BCUT2D eigenvalue weighted by molar-refractivity contribution is -0.141. The number of aliphatic hydroxyl groups is 1. The van der Waals surface area contributed by atoms with E-state index in [1.54, 1.807) is 0 Å². The molecule has 27 heavy (non-hydrogen) atoms. The highest BCUT2D eigenvalue weighted by Crippen LogP contribution is 2.25. The number of ether oxygens (including phenoxy) is 1. The van der Waals surface area contributed by atoms with Crippen LogP contribution in [0.5, 0.6) is 0 Å². The van der Waals surface area contributed by atoms with Gasteiger partial charge in [0.1, 0.15) is 11.3 Å². The Bertz CT molecular complexity index is 850. The Hall–Kier alpha value is -3.24. The fourth-order valence-corrected chi connectivity index (χ4v) is 1.62. The van der Waals surface area contributed by atoms with E-state index >= 15 is 0 Å². The molecule has 11 heteroatoms. The van der Waals surface area contributed by atoms with Gasteiger partial charge in [0, 0.05) is 13.1 Å². The molecule has 0 atom stereocenters. The van der Waals surface area contributed by atoms with Gasteiger partial charge in [-0.05, 0) is 19.9 Å². The number of esters is 1. The van der Waals surface area contributed by atoms with Gasteiger partial charge in [-0.25, -0.2) is 32.1 Å². The van der Waals surface area contributed by atoms with Gasteiger partial charge in [-0.15, -0.1) is 0 Å². The third kappa shape index (κ3) is 5.62. The first-order valence-electron chi connectivity index (χ1n) is 7.30. The molecule has 1 N–H and O–H groups in total. The van der Waals surface area contributed by atoms with Crippen molar-refractivity contribution in [1.82, 2.24) is 0 Å². The summed E-state index contributed by atoms with van der Waals surface area (Å²) in [5, 5.41) is 13.4. The van der Waals surface area contributed by atoms with Crippen LogP contribution >= 0.6 is 0 Å². The third-order valence-electron chi connectivity index (χ3n) is 2.80. The van der Waals surface area contributed by atoms with Crippen molar-refractivity contribution in [2.75, 3.05) is 6.61 Å². The van der Waals surface area contributed by atoms with Gasteiger partial charge < -0.3 is 14.7 Å². The molecule has 0 saturated carbocycles. The minimum Gasteiger partial charge on any atom is -0.506 e. The Balaban J connectivity index is 3.48. The van der Waals surface area contributed by atoms with E-state index in [0.717, 1.165) is 6.92 Å². The molecule has 0 amide bonds. The third-order valence-corrected chi connectivity index (χ3v) is 2.80. The van der Waals surface area contributed by atoms with Gasteiger partial charge in [0.15, 0.2) is 29.1 Å². The quantitative estimate of drug-likeness (QED) is 0.0796. The first kappa shape index (κ1) is 21.8. The zero-order chi connectivity index (χ0) is 20.7. The van der Waals surface area contributed by atoms with Crippen LogP contribution in [0.15, 0.2) is 21.8 Å². The number of oxime groups is 1. The van der Waals surface area contributed by atoms with E-state index in [1.165, 1.54) is 13.8 Å². The minimum absolute atomic E-state index is 0.154. The second kappa shape index (κ2) is 9.46. The van der Waals surface area contributed by atoms with Crippen molar-refractivity contribution in [3.63, 3.8) is 0 Å². The lowest BCUT2D eigenvalue weighted by Crippen LogP contribution is -2.13. The predicted molar refractivity (Wildman–Crippen MR) is 85.8 cm³/mol. The molecule has 1 rings (SSSR count). The van der Waals surface area contributed by atoms with Crippen LogP contribution in [0.2, 0.25) is 0 Å². The van der Waals surface area contributed by atoms with E-state index in [0.29, 0.717) is 6.21 Å². The number of hydrogen-bond acceptors (Lipinski definition) is 6. The maximum Gasteiger partial charge on any atom is 0.343 e. The maximum atomic E-state index is 13.9. The number of aliphatic imine (C=N–C) groups is 1. The summed E-state index contributed by atoms with van der Waals surface area (Å²) < 4.78 is 58.3. The van der Waals surface area contributed by atoms with Crippen molar-refractivity contribution in [3.8, 4) is 0 Å². The van der Waals surface area contributed by atoms with E-state index in [4.69, 9.17) is 0 Å². The highest BCUT2D eigenvalue weighted by Gasteiger charge is 2.25. The Labute approximate surface area is 150 Å². The second-order valence-electron chi connectivity index (χ2n) is 4.81. The normalized spacial score (nSPS) is 12.8. The van der Waals surface area contributed by atoms with Crippen molar-refractivity contribution in [2.45, 2.75) is 20.8 Å². The van der Waals surface area contributed by atoms with Crippen molar-refractivity contribution in [3.05, 3.63) is 40.5 Å². The highest BCUT2D eigenvalue weighted by molar-refractivity contribution is 6.16. The molecule has 1 aromatic carbocycles. The number of aliphatic hydroxyl groups excluding tert-OH is 1. The molecular formula is C16H14F4N2O5. The number of carbonyl (C=O) groups excluding carboxylic acids is 2. The summed E-state index contributed by atoms with van der Waals surface area (Å²) in [6, 6.07) is 0.163. The van der Waals surface area contributed by atoms with Gasteiger partial charge in [0.2, 0.25) is 0 Å². The molecule has 0 unspecified atom stereocenters. The van der Waals surface area contributed by atoms with E-state index in [9.17, 15) is 32.3 Å². The summed E-state index contributed by atoms with van der Waals surface area (Å²) in [7, 11) is 0. The van der Waals surface area contributed by atoms with Crippen LogP contribution in [-0.2, 0) is 19.2 Å². The summed E-state index contributed by atoms with van der Waals surface area (Å²) in [5.41, 5.74) is -1.94. The van der Waals surface area contributed by atoms with E-state index in [-0.39, 0.29) is 18.5 Å². The molecule has 0 saturated heterocycles. The molecule has 0 bridgehead atoms. The van der Waals surface area contributed by atoms with Crippen molar-refractivity contribution in [1.29, 1.82) is 0 Å². The number of hydrogen-bond donors (Lipinski definition) is 1. The summed E-state index contributed by atoms with van der Waals surface area (Å²) >= 11 is 0. The van der Waals surface area contributed by atoms with E-state index in [1.807, 2.05) is 0 Å². The largest absolute Gasteiger partial charge is 0.506 e. The molecule has 0 aliphatic rings. The van der Waals surface area contributed by atoms with Crippen molar-refractivity contribution in [2.24, 2.45) is 10.1 Å². The minimum atomic E-state index is -2.18. The first-order chi connectivity index (χ1) is 12.6. The molecule has 0 radical (unpaired) electrons. The standard InChI is InChI=1S/C16H14F4N2O5/c1-4-26-16(25)10(6-21-7(2)22-27-8(3)23)15(24)9-5-11(17)13(19)14(20)12(9)18/h5-6,24H,4H2,1-3H3/b15-10+,21-6+,22-7+. The van der Waals surface area contributed by atoms with Gasteiger partial charge in [0.25, 0.3) is 0 Å². The topological polar surface area (TPSA) is 97.5 Å². The Kier molecular flexibility index (Phi) is 7.64. The number of benzene rings is 1. The molecule has 0 heterocycles. The lowest BCUT2D eigenvalue weighted by atomic mass is 10.1. The predicted octanol–water partition coefficient (Wildman–Crippen LogP) is 3.04. The first-order valence-corrected chi connectivity index (χ1v) is 7.30. The molecule has 0 aliphatic heterocycles. The second-order valence-corrected chi connectivity index (χ2v) is 4.81. The monoisotopic (exact) mass is 390 g/mol. The fourth-order valence-electron chi connectivity index (χ4n) is 1.62. The number of halogens is 4. The molecule has 1 aromatic rings. The number of rotatable bonds is 5. The van der Waals surface area contributed by atoms with Gasteiger partial charge in [-0.2, -0.15) is 0 Å². The molecule has 7 nitrogen and oxygen atoms in total. The van der Waals surface area contributed by atoms with Gasteiger partial charge in [-0.3, -0.25) is 0 Å². The Morgan fingerprint density at radius 2 is 1.78 bits per heavy atom. The maximum absolute atomic E-state index is 13.9. The van der Waals surface area contributed by atoms with E-state index in [2.05, 4.69) is 19.7 Å². The molecule has 146 valence electrons. The van der Waals surface area contributed by atoms with Gasteiger partial charge >= 0.3 is 11.9 Å². The smallest absolute Gasteiger partial charge is 0.343 e. The number of amidine groups is 1. The van der Waals surface area contributed by atoms with Crippen LogP contribution in [0.4, 0.5) is 17.6 Å². The Morgan fingerprint density at radius 1 is 1.15 bits per heavy atom. The summed E-state index contributed by atoms with van der Waals surface area (Å²) in [6.45, 7) is 3.58. The van der Waals surface area contributed by atoms with Crippen LogP contribution in [0.25, 0.3) is 5.76 Å². The fraction of sp³-hybridized carbons (Fsp3) is 0.250. The van der Waals surface area contributed by atoms with Crippen LogP contribution in [-0.4, -0.2) is 35.7 Å². The van der Waals surface area contributed by atoms with E-state index < -0.39 is 52.1 Å². The SMILES string of the molecule is CCOC(=O)C(/C=N/C(C)=N/OC(C)=O)=C(/O)c1cc(F)c(F)c(F)c1F. The average molecular weight is 390 g/mol.